The van der Waals surface area contributed by atoms with Crippen LogP contribution in [0.15, 0.2) is 54.7 Å². The normalized spacial score (nSPS) is 12.8. The summed E-state index contributed by atoms with van der Waals surface area (Å²) < 4.78 is 15.0. The molecule has 0 fully saturated rings. The molecule has 2 nitrogen and oxygen atoms in total. The van der Waals surface area contributed by atoms with E-state index in [1.807, 2.05) is 10.9 Å². The molecule has 1 aromatic heterocycles. The molecule has 20 heavy (non-hydrogen) atoms. The summed E-state index contributed by atoms with van der Waals surface area (Å²) in [7, 11) is 0. The Morgan fingerprint density at radius 2 is 1.65 bits per heavy atom. The maximum atomic E-state index is 13.1. The lowest BCUT2D eigenvalue weighted by molar-refractivity contribution is 0.627. The maximum absolute atomic E-state index is 13.1. The zero-order chi connectivity index (χ0) is 13.5. The number of hydrogen-bond donors (Lipinski definition) is 0. The van der Waals surface area contributed by atoms with Crippen molar-refractivity contribution in [3.05, 3.63) is 71.7 Å². The molecule has 0 saturated carbocycles. The van der Waals surface area contributed by atoms with Crippen molar-refractivity contribution in [2.24, 2.45) is 0 Å². The highest BCUT2D eigenvalue weighted by Gasteiger charge is 2.21. The summed E-state index contributed by atoms with van der Waals surface area (Å²) in [6, 6.07) is 14.9. The van der Waals surface area contributed by atoms with E-state index in [1.165, 1.54) is 28.8 Å². The molecule has 0 unspecified atom stereocenters. The number of halogens is 1. The van der Waals surface area contributed by atoms with Crippen molar-refractivity contribution in [3.63, 3.8) is 0 Å². The van der Waals surface area contributed by atoms with Gasteiger partial charge in [0.25, 0.3) is 0 Å². The Labute approximate surface area is 116 Å². The van der Waals surface area contributed by atoms with Crippen LogP contribution in [-0.2, 0) is 12.8 Å². The van der Waals surface area contributed by atoms with Crippen molar-refractivity contribution in [2.75, 3.05) is 0 Å². The van der Waals surface area contributed by atoms with Crippen LogP contribution in [0.25, 0.3) is 16.9 Å². The highest BCUT2D eigenvalue weighted by atomic mass is 19.1. The zero-order valence-corrected chi connectivity index (χ0v) is 10.9. The van der Waals surface area contributed by atoms with E-state index in [0.717, 1.165) is 24.2 Å². The Balaban J connectivity index is 1.93. The van der Waals surface area contributed by atoms with Gasteiger partial charge in [-0.15, -0.1) is 0 Å². The third kappa shape index (κ3) is 1.67. The van der Waals surface area contributed by atoms with Crippen LogP contribution in [-0.4, -0.2) is 9.78 Å². The number of rotatable bonds is 1. The molecule has 0 bridgehead atoms. The monoisotopic (exact) mass is 264 g/mol. The molecule has 0 atom stereocenters. The van der Waals surface area contributed by atoms with Gasteiger partial charge < -0.3 is 0 Å². The largest absolute Gasteiger partial charge is 0.233 e. The SMILES string of the molecule is Fc1ccc(-n2ncc3c2-c2ccccc2CC3)cc1. The lowest BCUT2D eigenvalue weighted by atomic mass is 9.90. The number of benzene rings is 2. The van der Waals surface area contributed by atoms with Crippen molar-refractivity contribution in [2.45, 2.75) is 12.8 Å². The van der Waals surface area contributed by atoms with Crippen molar-refractivity contribution in [1.29, 1.82) is 0 Å². The van der Waals surface area contributed by atoms with Gasteiger partial charge in [0.15, 0.2) is 0 Å². The van der Waals surface area contributed by atoms with E-state index in [2.05, 4.69) is 29.4 Å². The third-order valence-electron chi connectivity index (χ3n) is 3.85. The first-order chi connectivity index (χ1) is 9.83. The van der Waals surface area contributed by atoms with Crippen LogP contribution >= 0.6 is 0 Å². The van der Waals surface area contributed by atoms with Crippen LogP contribution in [0.4, 0.5) is 4.39 Å². The molecule has 0 radical (unpaired) electrons. The van der Waals surface area contributed by atoms with Crippen LogP contribution < -0.4 is 0 Å². The van der Waals surface area contributed by atoms with Gasteiger partial charge in [-0.2, -0.15) is 5.10 Å². The fraction of sp³-hybridized carbons (Fsp3) is 0.118. The van der Waals surface area contributed by atoms with E-state index in [4.69, 9.17) is 0 Å². The summed E-state index contributed by atoms with van der Waals surface area (Å²) in [5.41, 5.74) is 5.87. The smallest absolute Gasteiger partial charge is 0.123 e. The summed E-state index contributed by atoms with van der Waals surface area (Å²) in [5, 5.41) is 4.49. The molecule has 1 aliphatic rings. The molecule has 0 saturated heterocycles. The Morgan fingerprint density at radius 3 is 2.50 bits per heavy atom. The topological polar surface area (TPSA) is 17.8 Å². The molecule has 98 valence electrons. The lowest BCUT2D eigenvalue weighted by Crippen LogP contribution is -2.07. The molecule has 0 spiro atoms. The molecule has 3 heteroatoms. The molecule has 3 aromatic rings. The van der Waals surface area contributed by atoms with Gasteiger partial charge in [-0.05, 0) is 48.2 Å². The van der Waals surface area contributed by atoms with Crippen molar-refractivity contribution in [1.82, 2.24) is 9.78 Å². The summed E-state index contributed by atoms with van der Waals surface area (Å²) in [6.45, 7) is 0. The van der Waals surface area contributed by atoms with Gasteiger partial charge in [0.05, 0.1) is 17.6 Å². The molecule has 1 aliphatic carbocycles. The van der Waals surface area contributed by atoms with E-state index < -0.39 is 0 Å². The average Bonchev–Trinajstić information content (AvgIpc) is 2.92. The number of fused-ring (bicyclic) bond motifs is 3. The molecular weight excluding hydrogens is 251 g/mol. The zero-order valence-electron chi connectivity index (χ0n) is 10.9. The van der Waals surface area contributed by atoms with Gasteiger partial charge in [0.1, 0.15) is 5.82 Å². The second-order valence-corrected chi connectivity index (χ2v) is 5.06. The van der Waals surface area contributed by atoms with E-state index >= 15 is 0 Å². The Morgan fingerprint density at radius 1 is 0.900 bits per heavy atom. The fourth-order valence-electron chi connectivity index (χ4n) is 2.87. The summed E-state index contributed by atoms with van der Waals surface area (Å²) >= 11 is 0. The fourth-order valence-corrected chi connectivity index (χ4v) is 2.87. The Kier molecular flexibility index (Phi) is 2.46. The first kappa shape index (κ1) is 11.4. The van der Waals surface area contributed by atoms with Gasteiger partial charge in [-0.3, -0.25) is 0 Å². The Hall–Kier alpha value is -2.42. The quantitative estimate of drug-likeness (QED) is 0.654. The standard InChI is InChI=1S/C17H13FN2/c18-14-7-9-15(10-8-14)20-17-13(11-19-20)6-5-12-3-1-2-4-16(12)17/h1-4,7-11H,5-6H2. The number of aromatic nitrogens is 2. The van der Waals surface area contributed by atoms with Crippen molar-refractivity contribution < 1.29 is 4.39 Å². The molecule has 4 rings (SSSR count). The number of nitrogens with zero attached hydrogens (tertiary/aromatic N) is 2. The van der Waals surface area contributed by atoms with E-state index in [-0.39, 0.29) is 5.82 Å². The van der Waals surface area contributed by atoms with Crippen LogP contribution in [0.3, 0.4) is 0 Å². The molecule has 2 aromatic carbocycles. The minimum absolute atomic E-state index is 0.227. The van der Waals surface area contributed by atoms with Gasteiger partial charge in [0, 0.05) is 5.56 Å². The van der Waals surface area contributed by atoms with Gasteiger partial charge in [-0.25, -0.2) is 9.07 Å². The average molecular weight is 264 g/mol. The van der Waals surface area contributed by atoms with Crippen LogP contribution in [0.1, 0.15) is 11.1 Å². The summed E-state index contributed by atoms with van der Waals surface area (Å²) in [5.74, 6) is -0.227. The molecule has 0 aliphatic heterocycles. The third-order valence-corrected chi connectivity index (χ3v) is 3.85. The lowest BCUT2D eigenvalue weighted by Gasteiger charge is -2.18. The highest BCUT2D eigenvalue weighted by Crippen LogP contribution is 2.34. The van der Waals surface area contributed by atoms with Gasteiger partial charge in [-0.1, -0.05) is 24.3 Å². The van der Waals surface area contributed by atoms with Crippen LogP contribution in [0.2, 0.25) is 0 Å². The molecule has 1 heterocycles. The predicted octanol–water partition coefficient (Wildman–Crippen LogP) is 3.78. The number of aryl methyl sites for hydroxylation is 2. The molecule has 0 amide bonds. The van der Waals surface area contributed by atoms with E-state index in [0.29, 0.717) is 0 Å². The van der Waals surface area contributed by atoms with E-state index in [1.54, 1.807) is 12.1 Å². The molecular formula is C17H13FN2. The summed E-state index contributed by atoms with van der Waals surface area (Å²) in [6.07, 6.45) is 3.99. The van der Waals surface area contributed by atoms with E-state index in [9.17, 15) is 4.39 Å². The minimum Gasteiger partial charge on any atom is -0.233 e. The molecule has 0 N–H and O–H groups in total. The Bertz CT molecular complexity index is 772. The van der Waals surface area contributed by atoms with Gasteiger partial charge in [0.2, 0.25) is 0 Å². The second kappa shape index (κ2) is 4.30. The summed E-state index contributed by atoms with van der Waals surface area (Å²) in [4.78, 5) is 0. The van der Waals surface area contributed by atoms with Gasteiger partial charge >= 0.3 is 0 Å². The van der Waals surface area contributed by atoms with Crippen molar-refractivity contribution in [3.8, 4) is 16.9 Å². The highest BCUT2D eigenvalue weighted by molar-refractivity contribution is 5.71. The minimum atomic E-state index is -0.227. The first-order valence-corrected chi connectivity index (χ1v) is 6.74. The maximum Gasteiger partial charge on any atom is 0.123 e. The predicted molar refractivity (Wildman–Crippen MR) is 76.4 cm³/mol. The van der Waals surface area contributed by atoms with Crippen molar-refractivity contribution >= 4 is 0 Å². The second-order valence-electron chi connectivity index (χ2n) is 5.06. The van der Waals surface area contributed by atoms with Crippen LogP contribution in [0.5, 0.6) is 0 Å². The van der Waals surface area contributed by atoms with Crippen LogP contribution in [0, 0.1) is 5.82 Å². The first-order valence-electron chi connectivity index (χ1n) is 6.74. The number of hydrogen-bond acceptors (Lipinski definition) is 1.